The highest BCUT2D eigenvalue weighted by Crippen LogP contribution is 2.26. The van der Waals surface area contributed by atoms with Gasteiger partial charge in [-0.2, -0.15) is 0 Å². The van der Waals surface area contributed by atoms with E-state index in [1.165, 1.54) is 5.56 Å². The zero-order chi connectivity index (χ0) is 14.7. The van der Waals surface area contributed by atoms with Crippen molar-refractivity contribution in [3.05, 3.63) is 22.9 Å². The standard InChI is InChI=1S/C14H23N5O/c1-18(2)7-8-19(3)14-11(13(15)17-20)9-10-5-4-6-12(10)16-14/h9,20H,4-8H2,1-3H3,(H2,15,17). The Bertz CT molecular complexity index is 513. The van der Waals surface area contributed by atoms with E-state index in [-0.39, 0.29) is 5.84 Å². The second kappa shape index (κ2) is 6.09. The summed E-state index contributed by atoms with van der Waals surface area (Å²) in [6.45, 7) is 1.76. The highest BCUT2D eigenvalue weighted by atomic mass is 16.4. The zero-order valence-corrected chi connectivity index (χ0v) is 12.4. The number of nitrogens with zero attached hydrogens (tertiary/aromatic N) is 4. The van der Waals surface area contributed by atoms with Gasteiger partial charge in [-0.05, 0) is 45.0 Å². The van der Waals surface area contributed by atoms with Crippen molar-refractivity contribution in [2.45, 2.75) is 19.3 Å². The molecular weight excluding hydrogens is 254 g/mol. The second-order valence-corrected chi connectivity index (χ2v) is 5.53. The summed E-state index contributed by atoms with van der Waals surface area (Å²) in [5.74, 6) is 0.918. The number of aromatic nitrogens is 1. The van der Waals surface area contributed by atoms with Crippen LogP contribution >= 0.6 is 0 Å². The second-order valence-electron chi connectivity index (χ2n) is 5.53. The Hall–Kier alpha value is -1.82. The number of pyridine rings is 1. The highest BCUT2D eigenvalue weighted by molar-refractivity contribution is 6.01. The van der Waals surface area contributed by atoms with Crippen molar-refractivity contribution < 1.29 is 5.21 Å². The molecule has 0 aliphatic heterocycles. The normalized spacial score (nSPS) is 14.7. The third-order valence-electron chi connectivity index (χ3n) is 3.66. The number of rotatable bonds is 5. The predicted molar refractivity (Wildman–Crippen MR) is 80.6 cm³/mol. The van der Waals surface area contributed by atoms with E-state index in [0.717, 1.165) is 49.4 Å². The molecule has 6 nitrogen and oxygen atoms in total. The summed E-state index contributed by atoms with van der Waals surface area (Å²) in [5, 5.41) is 12.1. The van der Waals surface area contributed by atoms with Gasteiger partial charge in [0, 0.05) is 25.8 Å². The van der Waals surface area contributed by atoms with Gasteiger partial charge in [-0.15, -0.1) is 0 Å². The van der Waals surface area contributed by atoms with Crippen molar-refractivity contribution in [3.63, 3.8) is 0 Å². The third-order valence-corrected chi connectivity index (χ3v) is 3.66. The van der Waals surface area contributed by atoms with Gasteiger partial charge in [-0.25, -0.2) is 4.98 Å². The maximum atomic E-state index is 8.97. The molecule has 110 valence electrons. The summed E-state index contributed by atoms with van der Waals surface area (Å²) in [6, 6.07) is 2.02. The lowest BCUT2D eigenvalue weighted by atomic mass is 10.1. The largest absolute Gasteiger partial charge is 0.409 e. The maximum absolute atomic E-state index is 8.97. The Labute approximate surface area is 119 Å². The molecule has 3 N–H and O–H groups in total. The molecule has 1 heterocycles. The highest BCUT2D eigenvalue weighted by Gasteiger charge is 2.20. The van der Waals surface area contributed by atoms with Crippen LogP contribution in [0.15, 0.2) is 11.2 Å². The van der Waals surface area contributed by atoms with Gasteiger partial charge in [-0.3, -0.25) is 0 Å². The van der Waals surface area contributed by atoms with Crippen LogP contribution in [-0.4, -0.2) is 55.2 Å². The smallest absolute Gasteiger partial charge is 0.173 e. The SMILES string of the molecule is CN(C)CCN(C)c1nc2c(cc1C(N)=NO)CCC2. The number of hydrogen-bond donors (Lipinski definition) is 2. The van der Waals surface area contributed by atoms with Crippen LogP contribution in [0.25, 0.3) is 0 Å². The first-order valence-electron chi connectivity index (χ1n) is 6.89. The summed E-state index contributed by atoms with van der Waals surface area (Å²) in [5.41, 5.74) is 8.89. The lowest BCUT2D eigenvalue weighted by Crippen LogP contribution is -2.31. The van der Waals surface area contributed by atoms with E-state index in [9.17, 15) is 0 Å². The Balaban J connectivity index is 2.34. The van der Waals surface area contributed by atoms with E-state index in [4.69, 9.17) is 15.9 Å². The number of hydrogen-bond acceptors (Lipinski definition) is 5. The number of amidine groups is 1. The van der Waals surface area contributed by atoms with E-state index in [1.54, 1.807) is 0 Å². The number of nitrogens with two attached hydrogens (primary N) is 1. The average molecular weight is 277 g/mol. The average Bonchev–Trinajstić information content (AvgIpc) is 2.89. The molecule has 1 aliphatic rings. The van der Waals surface area contributed by atoms with Crippen molar-refractivity contribution in [2.75, 3.05) is 39.1 Å². The molecule has 20 heavy (non-hydrogen) atoms. The molecule has 6 heteroatoms. The number of fused-ring (bicyclic) bond motifs is 1. The van der Waals surface area contributed by atoms with Crippen LogP contribution in [0.3, 0.4) is 0 Å². The fourth-order valence-corrected chi connectivity index (χ4v) is 2.45. The van der Waals surface area contributed by atoms with Gasteiger partial charge >= 0.3 is 0 Å². The molecule has 0 saturated carbocycles. The van der Waals surface area contributed by atoms with Crippen LogP contribution in [0.1, 0.15) is 23.2 Å². The molecule has 1 aliphatic carbocycles. The monoisotopic (exact) mass is 277 g/mol. The fourth-order valence-electron chi connectivity index (χ4n) is 2.45. The Kier molecular flexibility index (Phi) is 4.44. The number of oxime groups is 1. The van der Waals surface area contributed by atoms with Crippen LogP contribution in [-0.2, 0) is 12.8 Å². The van der Waals surface area contributed by atoms with Crippen LogP contribution in [0.2, 0.25) is 0 Å². The molecule has 1 aromatic heterocycles. The number of likely N-dealkylation sites (N-methyl/N-ethyl adjacent to an activating group) is 2. The van der Waals surface area contributed by atoms with Gasteiger partial charge in [0.05, 0.1) is 5.56 Å². The number of aryl methyl sites for hydroxylation is 2. The molecule has 0 atom stereocenters. The van der Waals surface area contributed by atoms with Gasteiger partial charge in [-0.1, -0.05) is 5.16 Å². The van der Waals surface area contributed by atoms with E-state index in [1.807, 2.05) is 27.2 Å². The molecular formula is C14H23N5O. The van der Waals surface area contributed by atoms with Gasteiger partial charge in [0.1, 0.15) is 5.82 Å². The van der Waals surface area contributed by atoms with Crippen LogP contribution < -0.4 is 10.6 Å². The Morgan fingerprint density at radius 3 is 2.75 bits per heavy atom. The quantitative estimate of drug-likeness (QED) is 0.358. The van der Waals surface area contributed by atoms with Gasteiger partial charge in [0.2, 0.25) is 0 Å². The maximum Gasteiger partial charge on any atom is 0.173 e. The minimum Gasteiger partial charge on any atom is -0.409 e. The lowest BCUT2D eigenvalue weighted by molar-refractivity contribution is 0.318. The van der Waals surface area contributed by atoms with Crippen molar-refractivity contribution >= 4 is 11.7 Å². The van der Waals surface area contributed by atoms with E-state index < -0.39 is 0 Å². The topological polar surface area (TPSA) is 78.0 Å². The summed E-state index contributed by atoms with van der Waals surface area (Å²) in [6.07, 6.45) is 3.17. The van der Waals surface area contributed by atoms with Gasteiger partial charge < -0.3 is 20.7 Å². The first kappa shape index (κ1) is 14.6. The zero-order valence-electron chi connectivity index (χ0n) is 12.4. The molecule has 0 amide bonds. The minimum absolute atomic E-state index is 0.124. The molecule has 0 saturated heterocycles. The Morgan fingerprint density at radius 2 is 2.10 bits per heavy atom. The summed E-state index contributed by atoms with van der Waals surface area (Å²) >= 11 is 0. The van der Waals surface area contributed by atoms with Gasteiger partial charge in [0.25, 0.3) is 0 Å². The van der Waals surface area contributed by atoms with Crippen LogP contribution in [0.4, 0.5) is 5.82 Å². The van der Waals surface area contributed by atoms with Crippen LogP contribution in [0.5, 0.6) is 0 Å². The van der Waals surface area contributed by atoms with Crippen molar-refractivity contribution in [2.24, 2.45) is 10.9 Å². The molecule has 0 bridgehead atoms. The van der Waals surface area contributed by atoms with E-state index in [2.05, 4.69) is 15.0 Å². The van der Waals surface area contributed by atoms with Gasteiger partial charge in [0.15, 0.2) is 5.84 Å². The first-order valence-corrected chi connectivity index (χ1v) is 6.89. The molecule has 0 aromatic carbocycles. The van der Waals surface area contributed by atoms with Crippen LogP contribution in [0, 0.1) is 0 Å². The molecule has 0 spiro atoms. The lowest BCUT2D eigenvalue weighted by Gasteiger charge is -2.23. The summed E-state index contributed by atoms with van der Waals surface area (Å²) in [7, 11) is 6.06. The fraction of sp³-hybridized carbons (Fsp3) is 0.571. The van der Waals surface area contributed by atoms with Crippen molar-refractivity contribution in [3.8, 4) is 0 Å². The molecule has 0 radical (unpaired) electrons. The molecule has 0 unspecified atom stereocenters. The Morgan fingerprint density at radius 1 is 1.35 bits per heavy atom. The molecule has 2 rings (SSSR count). The van der Waals surface area contributed by atoms with Crippen molar-refractivity contribution in [1.29, 1.82) is 0 Å². The number of anilines is 1. The first-order chi connectivity index (χ1) is 9.52. The summed E-state index contributed by atoms with van der Waals surface area (Å²) < 4.78 is 0. The molecule has 0 fully saturated rings. The predicted octanol–water partition coefficient (Wildman–Crippen LogP) is 0.663. The third kappa shape index (κ3) is 3.01. The van der Waals surface area contributed by atoms with Crippen molar-refractivity contribution in [1.82, 2.24) is 9.88 Å². The van der Waals surface area contributed by atoms with E-state index >= 15 is 0 Å². The molecule has 1 aromatic rings. The van der Waals surface area contributed by atoms with E-state index in [0.29, 0.717) is 0 Å². The summed E-state index contributed by atoms with van der Waals surface area (Å²) in [4.78, 5) is 8.92. The minimum atomic E-state index is 0.124.